The summed E-state index contributed by atoms with van der Waals surface area (Å²) in [6.45, 7) is 5.83. The number of esters is 1. The van der Waals surface area contributed by atoms with Gasteiger partial charge in [0.05, 0.1) is 18.3 Å². The molecule has 98 valence electrons. The Morgan fingerprint density at radius 3 is 2.33 bits per heavy atom. The van der Waals surface area contributed by atoms with Gasteiger partial charge in [-0.3, -0.25) is 0 Å². The highest BCUT2D eigenvalue weighted by molar-refractivity contribution is 5.97. The number of carbonyl (C=O) groups excluding carboxylic acids is 1. The maximum atomic E-state index is 12.0. The van der Waals surface area contributed by atoms with Crippen LogP contribution in [0, 0.1) is 0 Å². The number of rotatable bonds is 5. The van der Waals surface area contributed by atoms with Gasteiger partial charge in [-0.25, -0.2) is 4.79 Å². The normalized spacial score (nSPS) is 12.3. The standard InChI is InChI=1S/C15H20O3/c1-11(2)18-15(16)14(10-17-4)12(3)13-8-6-5-7-9-13/h5-9,11H,10H2,1-4H3. The molecule has 0 N–H and O–H groups in total. The zero-order valence-electron chi connectivity index (χ0n) is 11.4. The summed E-state index contributed by atoms with van der Waals surface area (Å²) in [7, 11) is 1.57. The third kappa shape index (κ3) is 4.00. The number of hydrogen-bond acceptors (Lipinski definition) is 3. The molecule has 18 heavy (non-hydrogen) atoms. The molecule has 3 heteroatoms. The van der Waals surface area contributed by atoms with Crippen molar-refractivity contribution in [1.82, 2.24) is 0 Å². The number of methoxy groups -OCH3 is 1. The molecule has 0 bridgehead atoms. The van der Waals surface area contributed by atoms with Crippen molar-refractivity contribution in [3.8, 4) is 0 Å². The van der Waals surface area contributed by atoms with Gasteiger partial charge in [0.2, 0.25) is 0 Å². The lowest BCUT2D eigenvalue weighted by Gasteiger charge is -2.13. The summed E-state index contributed by atoms with van der Waals surface area (Å²) >= 11 is 0. The maximum Gasteiger partial charge on any atom is 0.336 e. The topological polar surface area (TPSA) is 35.5 Å². The van der Waals surface area contributed by atoms with Gasteiger partial charge in [-0.15, -0.1) is 0 Å². The average Bonchev–Trinajstić information content (AvgIpc) is 2.35. The second-order valence-electron chi connectivity index (χ2n) is 4.36. The van der Waals surface area contributed by atoms with E-state index in [2.05, 4.69) is 0 Å². The molecule has 0 heterocycles. The molecule has 0 saturated heterocycles. The molecular weight excluding hydrogens is 228 g/mol. The van der Waals surface area contributed by atoms with E-state index in [1.54, 1.807) is 7.11 Å². The lowest BCUT2D eigenvalue weighted by Crippen LogP contribution is -2.17. The third-order valence-corrected chi connectivity index (χ3v) is 2.54. The fourth-order valence-electron chi connectivity index (χ4n) is 1.61. The minimum atomic E-state index is -0.312. The van der Waals surface area contributed by atoms with Crippen molar-refractivity contribution in [2.45, 2.75) is 26.9 Å². The second-order valence-corrected chi connectivity index (χ2v) is 4.36. The van der Waals surface area contributed by atoms with E-state index in [0.29, 0.717) is 5.57 Å². The average molecular weight is 248 g/mol. The van der Waals surface area contributed by atoms with Crippen LogP contribution in [-0.4, -0.2) is 25.8 Å². The van der Waals surface area contributed by atoms with Crippen LogP contribution in [0.25, 0.3) is 5.57 Å². The van der Waals surface area contributed by atoms with Crippen LogP contribution in [0.4, 0.5) is 0 Å². The summed E-state index contributed by atoms with van der Waals surface area (Å²) in [5.41, 5.74) is 2.46. The second kappa shape index (κ2) is 6.97. The molecule has 0 aromatic heterocycles. The van der Waals surface area contributed by atoms with Crippen LogP contribution in [0.1, 0.15) is 26.3 Å². The minimum absolute atomic E-state index is 0.132. The van der Waals surface area contributed by atoms with E-state index >= 15 is 0 Å². The van der Waals surface area contributed by atoms with E-state index < -0.39 is 0 Å². The Kier molecular flexibility index (Phi) is 5.59. The minimum Gasteiger partial charge on any atom is -0.460 e. The van der Waals surface area contributed by atoms with Crippen LogP contribution < -0.4 is 0 Å². The quantitative estimate of drug-likeness (QED) is 0.593. The van der Waals surface area contributed by atoms with Crippen molar-refractivity contribution in [2.75, 3.05) is 13.7 Å². The molecule has 0 spiro atoms. The number of benzene rings is 1. The highest BCUT2D eigenvalue weighted by Gasteiger charge is 2.16. The molecule has 0 aliphatic rings. The predicted molar refractivity (Wildman–Crippen MR) is 72.1 cm³/mol. The first-order valence-electron chi connectivity index (χ1n) is 6.01. The molecule has 0 amide bonds. The molecule has 1 aromatic rings. The molecule has 1 rings (SSSR count). The van der Waals surface area contributed by atoms with Crippen molar-refractivity contribution in [3.05, 3.63) is 41.5 Å². The van der Waals surface area contributed by atoms with Crippen LogP contribution in [0.5, 0.6) is 0 Å². The zero-order chi connectivity index (χ0) is 13.5. The lowest BCUT2D eigenvalue weighted by atomic mass is 10.0. The number of hydrogen-bond donors (Lipinski definition) is 0. The van der Waals surface area contributed by atoms with Crippen molar-refractivity contribution in [1.29, 1.82) is 0 Å². The molecule has 0 saturated carbocycles. The Morgan fingerprint density at radius 2 is 1.83 bits per heavy atom. The molecule has 0 atom stereocenters. The van der Waals surface area contributed by atoms with Gasteiger partial charge < -0.3 is 9.47 Å². The first kappa shape index (κ1) is 14.5. The maximum absolute atomic E-state index is 12.0. The Labute approximate surface area is 108 Å². The van der Waals surface area contributed by atoms with E-state index in [1.807, 2.05) is 51.1 Å². The van der Waals surface area contributed by atoms with Gasteiger partial charge >= 0.3 is 5.97 Å². The molecule has 0 aliphatic heterocycles. The van der Waals surface area contributed by atoms with Gasteiger partial charge in [0, 0.05) is 7.11 Å². The summed E-state index contributed by atoms with van der Waals surface area (Å²) < 4.78 is 10.3. The summed E-state index contributed by atoms with van der Waals surface area (Å²) in [6.07, 6.45) is -0.132. The first-order chi connectivity index (χ1) is 8.56. The van der Waals surface area contributed by atoms with Gasteiger partial charge in [0.25, 0.3) is 0 Å². The molecular formula is C15H20O3. The van der Waals surface area contributed by atoms with Crippen LogP contribution >= 0.6 is 0 Å². The van der Waals surface area contributed by atoms with Crippen molar-refractivity contribution >= 4 is 11.5 Å². The largest absolute Gasteiger partial charge is 0.460 e. The van der Waals surface area contributed by atoms with E-state index in [1.165, 1.54) is 0 Å². The number of carbonyl (C=O) groups is 1. The Morgan fingerprint density at radius 1 is 1.22 bits per heavy atom. The summed E-state index contributed by atoms with van der Waals surface area (Å²) in [5, 5.41) is 0. The highest BCUT2D eigenvalue weighted by Crippen LogP contribution is 2.19. The third-order valence-electron chi connectivity index (χ3n) is 2.54. The van der Waals surface area contributed by atoms with E-state index in [-0.39, 0.29) is 18.7 Å². The molecule has 0 aliphatic carbocycles. The fraction of sp³-hybridized carbons (Fsp3) is 0.400. The monoisotopic (exact) mass is 248 g/mol. The predicted octanol–water partition coefficient (Wildman–Crippen LogP) is 3.06. The van der Waals surface area contributed by atoms with Crippen molar-refractivity contribution in [2.24, 2.45) is 0 Å². The van der Waals surface area contributed by atoms with Crippen molar-refractivity contribution < 1.29 is 14.3 Å². The van der Waals surface area contributed by atoms with Crippen LogP contribution in [0.3, 0.4) is 0 Å². The summed E-state index contributed by atoms with van der Waals surface area (Å²) in [6, 6.07) is 9.76. The molecule has 1 aromatic carbocycles. The molecule has 0 fully saturated rings. The van der Waals surface area contributed by atoms with Crippen LogP contribution in [0.15, 0.2) is 35.9 Å². The van der Waals surface area contributed by atoms with E-state index in [0.717, 1.165) is 11.1 Å². The van der Waals surface area contributed by atoms with Gasteiger partial charge in [-0.05, 0) is 31.9 Å². The van der Waals surface area contributed by atoms with Crippen molar-refractivity contribution in [3.63, 3.8) is 0 Å². The molecule has 0 radical (unpaired) electrons. The van der Waals surface area contributed by atoms with Gasteiger partial charge in [0.1, 0.15) is 0 Å². The smallest absolute Gasteiger partial charge is 0.336 e. The fourth-order valence-corrected chi connectivity index (χ4v) is 1.61. The van der Waals surface area contributed by atoms with E-state index in [4.69, 9.17) is 9.47 Å². The van der Waals surface area contributed by atoms with Gasteiger partial charge in [0.15, 0.2) is 0 Å². The summed E-state index contributed by atoms with van der Waals surface area (Å²) in [4.78, 5) is 12.0. The van der Waals surface area contributed by atoms with Crippen LogP contribution in [0.2, 0.25) is 0 Å². The SMILES string of the molecule is COCC(C(=O)OC(C)C)=C(C)c1ccccc1. The first-order valence-corrected chi connectivity index (χ1v) is 6.01. The Hall–Kier alpha value is -1.61. The highest BCUT2D eigenvalue weighted by atomic mass is 16.5. The van der Waals surface area contributed by atoms with Crippen LogP contribution in [-0.2, 0) is 14.3 Å². The molecule has 3 nitrogen and oxygen atoms in total. The van der Waals surface area contributed by atoms with Gasteiger partial charge in [-0.1, -0.05) is 30.3 Å². The summed E-state index contributed by atoms with van der Waals surface area (Å²) in [5.74, 6) is -0.312. The molecule has 0 unspecified atom stereocenters. The Bertz CT molecular complexity index is 419. The Balaban J connectivity index is 3.05. The number of allylic oxidation sites excluding steroid dienone is 1. The van der Waals surface area contributed by atoms with Gasteiger partial charge in [-0.2, -0.15) is 0 Å². The number of ether oxygens (including phenoxy) is 2. The lowest BCUT2D eigenvalue weighted by molar-refractivity contribution is -0.143. The van der Waals surface area contributed by atoms with E-state index in [9.17, 15) is 4.79 Å². The zero-order valence-corrected chi connectivity index (χ0v) is 11.4.